The fourth-order valence-electron chi connectivity index (χ4n) is 2.63. The van der Waals surface area contributed by atoms with E-state index in [1.807, 2.05) is 39.2 Å². The molecular weight excluding hydrogens is 428 g/mol. The van der Waals surface area contributed by atoms with Gasteiger partial charge >= 0.3 is 0 Å². The third kappa shape index (κ3) is 14.7. The van der Waals surface area contributed by atoms with Crippen LogP contribution >= 0.6 is 0 Å². The first kappa shape index (κ1) is 30.5. The molecule has 0 bridgehead atoms. The smallest absolute Gasteiger partial charge is 0.272 e. The summed E-state index contributed by atoms with van der Waals surface area (Å²) >= 11 is 0. The van der Waals surface area contributed by atoms with Crippen LogP contribution in [0.3, 0.4) is 0 Å². The number of hydrogen-bond acceptors (Lipinski definition) is 7. The Morgan fingerprint density at radius 3 is 2.15 bits per heavy atom. The Labute approximate surface area is 208 Å². The first-order chi connectivity index (χ1) is 15.3. The maximum Gasteiger partial charge on any atom is 0.272 e. The maximum absolute atomic E-state index is 5.63. The topological polar surface area (TPSA) is 77.0 Å². The van der Waals surface area contributed by atoms with Crippen molar-refractivity contribution in [2.24, 2.45) is 10.5 Å². The van der Waals surface area contributed by atoms with Crippen molar-refractivity contribution in [3.8, 4) is 0 Å². The minimum atomic E-state index is -0.522. The van der Waals surface area contributed by atoms with Gasteiger partial charge in [-0.25, -0.2) is 4.98 Å². The van der Waals surface area contributed by atoms with E-state index in [0.717, 1.165) is 18.8 Å². The Bertz CT molecular complexity index is 736. The van der Waals surface area contributed by atoms with E-state index in [9.17, 15) is 0 Å². The van der Waals surface area contributed by atoms with Crippen molar-refractivity contribution in [1.29, 1.82) is 0 Å². The zero-order chi connectivity index (χ0) is 26.2. The number of ether oxygens (including phenoxy) is 3. The number of hydrazone groups is 1. The minimum absolute atomic E-state index is 0.0755. The van der Waals surface area contributed by atoms with E-state index < -0.39 is 6.48 Å². The van der Waals surface area contributed by atoms with Gasteiger partial charge in [0.15, 0.2) is 0 Å². The van der Waals surface area contributed by atoms with Crippen LogP contribution in [0.2, 0.25) is 0 Å². The summed E-state index contributed by atoms with van der Waals surface area (Å²) in [6, 6.07) is 4.06. The second-order valence-electron chi connectivity index (χ2n) is 13.1. The number of aromatic nitrogens is 1. The average Bonchev–Trinajstić information content (AvgIpc) is 3.08. The van der Waals surface area contributed by atoms with Crippen LogP contribution in [0.5, 0.6) is 0 Å². The van der Waals surface area contributed by atoms with Crippen molar-refractivity contribution < 1.29 is 14.2 Å². The van der Waals surface area contributed by atoms with Crippen molar-refractivity contribution in [3.63, 3.8) is 0 Å². The molecule has 1 aliphatic rings. The highest BCUT2D eigenvalue weighted by Crippen LogP contribution is 2.22. The second kappa shape index (κ2) is 12.4. The number of rotatable bonds is 6. The lowest BCUT2D eigenvalue weighted by atomic mass is 9.88. The number of hydrogen-bond donors (Lipinski definition) is 2. The molecule has 2 rings (SSSR count). The van der Waals surface area contributed by atoms with Gasteiger partial charge in [0.05, 0.1) is 18.3 Å². The van der Waals surface area contributed by atoms with E-state index in [1.165, 1.54) is 5.56 Å². The molecule has 1 fully saturated rings. The van der Waals surface area contributed by atoms with E-state index in [4.69, 9.17) is 14.2 Å². The quantitative estimate of drug-likeness (QED) is 0.380. The molecule has 0 radical (unpaired) electrons. The van der Waals surface area contributed by atoms with E-state index in [1.54, 1.807) is 0 Å². The average molecular weight is 479 g/mol. The van der Waals surface area contributed by atoms with Gasteiger partial charge < -0.3 is 19.5 Å². The van der Waals surface area contributed by atoms with Crippen LogP contribution in [-0.4, -0.2) is 48.1 Å². The molecule has 34 heavy (non-hydrogen) atoms. The van der Waals surface area contributed by atoms with Gasteiger partial charge in [-0.15, -0.1) is 0 Å². The first-order valence-corrected chi connectivity index (χ1v) is 12.3. The highest BCUT2D eigenvalue weighted by atomic mass is 16.9. The van der Waals surface area contributed by atoms with E-state index in [-0.39, 0.29) is 28.1 Å². The molecule has 0 aliphatic carbocycles. The minimum Gasteiger partial charge on any atom is -0.327 e. The SMILES string of the molecule is CC(C)(C)C/C=N/Nc1ccc(C(C)(C)C)cn1.CC(C)(C)NCC1COC(OC(C)(C)C)O1. The van der Waals surface area contributed by atoms with Gasteiger partial charge in [0, 0.05) is 24.5 Å². The molecule has 1 aliphatic heterocycles. The summed E-state index contributed by atoms with van der Waals surface area (Å²) in [6.07, 6.45) is 4.83. The summed E-state index contributed by atoms with van der Waals surface area (Å²) in [5.74, 6) is 0.785. The fourth-order valence-corrected chi connectivity index (χ4v) is 2.63. The summed E-state index contributed by atoms with van der Waals surface area (Å²) in [5, 5.41) is 7.57. The van der Waals surface area contributed by atoms with Crippen LogP contribution in [0, 0.1) is 5.41 Å². The summed E-state index contributed by atoms with van der Waals surface area (Å²) in [5.41, 5.74) is 4.46. The van der Waals surface area contributed by atoms with Crippen LogP contribution in [0.25, 0.3) is 0 Å². The predicted octanol–water partition coefficient (Wildman–Crippen LogP) is 6.10. The summed E-state index contributed by atoms with van der Waals surface area (Å²) < 4.78 is 16.6. The Morgan fingerprint density at radius 1 is 1.03 bits per heavy atom. The third-order valence-corrected chi connectivity index (χ3v) is 4.64. The molecular formula is C27H50N4O3. The Hall–Kier alpha value is -1.54. The molecule has 2 unspecified atom stereocenters. The van der Waals surface area contributed by atoms with Gasteiger partial charge in [0.25, 0.3) is 6.48 Å². The third-order valence-electron chi connectivity index (χ3n) is 4.64. The van der Waals surface area contributed by atoms with Gasteiger partial charge in [-0.3, -0.25) is 5.43 Å². The number of anilines is 1. The molecule has 0 spiro atoms. The molecule has 7 nitrogen and oxygen atoms in total. The van der Waals surface area contributed by atoms with Gasteiger partial charge in [-0.1, -0.05) is 47.6 Å². The standard InChI is InChI=1S/C15H25N3.C12H25NO3/c1-14(2,3)9-10-17-18-13-8-7-12(11-16-13)15(4,5)6;1-11(2,3)13-7-9-8-14-10(15-9)16-12(4,5)6/h7-8,10-11H,9H2,1-6H3,(H,16,18);9-10,13H,7-8H2,1-6H3/b17-10+;. The van der Waals surface area contributed by atoms with Crippen molar-refractivity contribution >= 4 is 12.0 Å². The van der Waals surface area contributed by atoms with Gasteiger partial charge in [0.2, 0.25) is 0 Å². The first-order valence-electron chi connectivity index (χ1n) is 12.3. The van der Waals surface area contributed by atoms with Crippen molar-refractivity contribution in [1.82, 2.24) is 10.3 Å². The molecule has 1 aromatic heterocycles. The molecule has 0 amide bonds. The molecule has 1 aromatic rings. The van der Waals surface area contributed by atoms with Crippen LogP contribution in [0.1, 0.15) is 95.1 Å². The van der Waals surface area contributed by atoms with Crippen molar-refractivity contribution in [2.45, 2.75) is 119 Å². The maximum atomic E-state index is 5.63. The van der Waals surface area contributed by atoms with Gasteiger partial charge in [-0.2, -0.15) is 5.10 Å². The number of nitrogens with zero attached hydrogens (tertiary/aromatic N) is 2. The van der Waals surface area contributed by atoms with Crippen LogP contribution in [-0.2, 0) is 19.6 Å². The Kier molecular flexibility index (Phi) is 11.1. The second-order valence-corrected chi connectivity index (χ2v) is 13.1. The van der Waals surface area contributed by atoms with Crippen molar-refractivity contribution in [3.05, 3.63) is 23.9 Å². The van der Waals surface area contributed by atoms with Crippen molar-refractivity contribution in [2.75, 3.05) is 18.6 Å². The van der Waals surface area contributed by atoms with Crippen LogP contribution < -0.4 is 10.7 Å². The lowest BCUT2D eigenvalue weighted by molar-refractivity contribution is -0.275. The zero-order valence-electron chi connectivity index (χ0n) is 23.7. The van der Waals surface area contributed by atoms with E-state index >= 15 is 0 Å². The molecule has 2 heterocycles. The van der Waals surface area contributed by atoms with Crippen LogP contribution in [0.15, 0.2) is 23.4 Å². The van der Waals surface area contributed by atoms with E-state index in [2.05, 4.69) is 89.2 Å². The summed E-state index contributed by atoms with van der Waals surface area (Å²) in [4.78, 5) is 4.35. The zero-order valence-corrected chi connectivity index (χ0v) is 23.7. The Morgan fingerprint density at radius 2 is 1.68 bits per heavy atom. The lowest BCUT2D eigenvalue weighted by Gasteiger charge is -2.24. The summed E-state index contributed by atoms with van der Waals surface area (Å²) in [7, 11) is 0. The molecule has 7 heteroatoms. The monoisotopic (exact) mass is 478 g/mol. The molecule has 196 valence electrons. The molecule has 0 saturated carbocycles. The highest BCUT2D eigenvalue weighted by Gasteiger charge is 2.30. The largest absolute Gasteiger partial charge is 0.327 e. The van der Waals surface area contributed by atoms with E-state index in [0.29, 0.717) is 6.61 Å². The van der Waals surface area contributed by atoms with Gasteiger partial charge in [0.1, 0.15) is 5.82 Å². The number of pyridine rings is 1. The Balaban J connectivity index is 0.000000342. The van der Waals surface area contributed by atoms with Crippen LogP contribution in [0.4, 0.5) is 5.82 Å². The normalized spacial score (nSPS) is 19.8. The molecule has 0 aromatic carbocycles. The molecule has 2 atom stereocenters. The van der Waals surface area contributed by atoms with Gasteiger partial charge in [-0.05, 0) is 70.4 Å². The highest BCUT2D eigenvalue weighted by molar-refractivity contribution is 5.59. The molecule has 2 N–H and O–H groups in total. The summed E-state index contributed by atoms with van der Waals surface area (Å²) in [6.45, 7) is 26.3. The lowest BCUT2D eigenvalue weighted by Crippen LogP contribution is -2.41. The molecule has 1 saturated heterocycles. The number of nitrogens with one attached hydrogen (secondary N) is 2. The fraction of sp³-hybridized carbons (Fsp3) is 0.778. The predicted molar refractivity (Wildman–Crippen MR) is 142 cm³/mol.